The number of rotatable bonds is 7. The largest absolute Gasteiger partial charge is 0.496 e. The average Bonchev–Trinajstić information content (AvgIpc) is 3.32. The van der Waals surface area contributed by atoms with Gasteiger partial charge in [-0.2, -0.15) is 4.57 Å². The van der Waals surface area contributed by atoms with Gasteiger partial charge in [-0.15, -0.1) is 0 Å². The summed E-state index contributed by atoms with van der Waals surface area (Å²) in [6.07, 6.45) is 4.40. The Morgan fingerprint density at radius 2 is 1.52 bits per heavy atom. The van der Waals surface area contributed by atoms with E-state index in [2.05, 4.69) is 95.4 Å². The van der Waals surface area contributed by atoms with E-state index in [1.807, 2.05) is 24.3 Å². The lowest BCUT2D eigenvalue weighted by molar-refractivity contribution is -0.642. The van der Waals surface area contributed by atoms with Crippen LogP contribution in [0.5, 0.6) is 11.5 Å². The highest BCUT2D eigenvalue weighted by atomic mass is 32.1. The van der Waals surface area contributed by atoms with Crippen LogP contribution in [0.4, 0.5) is 5.69 Å². The summed E-state index contributed by atoms with van der Waals surface area (Å²) in [4.78, 5) is 2.24. The number of anilines is 1. The Hall–Kier alpha value is -4.55. The fraction of sp³-hybridized carbons (Fsp3) is 0.147. The van der Waals surface area contributed by atoms with Gasteiger partial charge >= 0.3 is 0 Å². The van der Waals surface area contributed by atoms with E-state index in [4.69, 9.17) is 14.2 Å². The normalized spacial score (nSPS) is 13.8. The molecule has 0 radical (unpaired) electrons. The van der Waals surface area contributed by atoms with Crippen LogP contribution in [0.1, 0.15) is 16.1 Å². The summed E-state index contributed by atoms with van der Waals surface area (Å²) in [5.41, 5.74) is 7.83. The molecule has 2 heterocycles. The van der Waals surface area contributed by atoms with E-state index in [9.17, 15) is 0 Å². The molecule has 0 N–H and O–H groups in total. The van der Waals surface area contributed by atoms with Crippen molar-refractivity contribution in [3.8, 4) is 22.6 Å². The van der Waals surface area contributed by atoms with Crippen molar-refractivity contribution in [2.45, 2.75) is 6.54 Å². The fourth-order valence-electron chi connectivity index (χ4n) is 5.30. The van der Waals surface area contributed by atoms with E-state index < -0.39 is 0 Å². The van der Waals surface area contributed by atoms with Gasteiger partial charge < -0.3 is 19.1 Å². The Morgan fingerprint density at radius 1 is 0.800 bits per heavy atom. The average molecular weight is 548 g/mol. The highest BCUT2D eigenvalue weighted by Crippen LogP contribution is 2.41. The van der Waals surface area contributed by atoms with Gasteiger partial charge in [0.05, 0.1) is 39.1 Å². The third kappa shape index (κ3) is 4.61. The number of allylic oxidation sites excluding steroid dienone is 2. The number of ether oxygens (including phenoxy) is 3. The van der Waals surface area contributed by atoms with Crippen molar-refractivity contribution in [3.05, 3.63) is 119 Å². The van der Waals surface area contributed by atoms with Gasteiger partial charge in [0.2, 0.25) is 5.52 Å². The summed E-state index contributed by atoms with van der Waals surface area (Å²) >= 11 is 1.76. The van der Waals surface area contributed by atoms with Gasteiger partial charge in [-0.05, 0) is 47.0 Å². The molecule has 40 heavy (non-hydrogen) atoms. The highest BCUT2D eigenvalue weighted by Gasteiger charge is 2.25. The lowest BCUT2D eigenvalue weighted by Gasteiger charge is -2.32. The minimum Gasteiger partial charge on any atom is -0.496 e. The number of hydrogen-bond acceptors (Lipinski definition) is 5. The van der Waals surface area contributed by atoms with Gasteiger partial charge in [0.1, 0.15) is 23.2 Å². The number of methoxy groups -OCH3 is 3. The summed E-state index contributed by atoms with van der Waals surface area (Å²) in [5, 5.41) is 1.15. The lowest BCUT2D eigenvalue weighted by atomic mass is 9.98. The van der Waals surface area contributed by atoms with Crippen molar-refractivity contribution in [2.75, 3.05) is 26.2 Å². The van der Waals surface area contributed by atoms with Crippen LogP contribution in [-0.2, 0) is 18.3 Å². The van der Waals surface area contributed by atoms with Crippen LogP contribution in [0.15, 0.2) is 103 Å². The van der Waals surface area contributed by atoms with E-state index in [0.717, 1.165) is 51.3 Å². The number of fused-ring (bicyclic) bond motifs is 2. The first-order chi connectivity index (χ1) is 19.6. The maximum atomic E-state index is 5.92. The maximum Gasteiger partial charge on any atom is 0.263 e. The molecule has 1 aliphatic rings. The van der Waals surface area contributed by atoms with E-state index in [1.54, 1.807) is 32.7 Å². The topological polar surface area (TPSA) is 34.8 Å². The molecule has 1 aliphatic heterocycles. The maximum absolute atomic E-state index is 5.92. The zero-order valence-electron chi connectivity index (χ0n) is 23.0. The van der Waals surface area contributed by atoms with Crippen molar-refractivity contribution < 1.29 is 18.8 Å². The lowest BCUT2D eigenvalue weighted by Crippen LogP contribution is -2.29. The molecule has 0 atom stereocenters. The summed E-state index contributed by atoms with van der Waals surface area (Å²) < 4.78 is 20.7. The molecule has 0 unspecified atom stereocenters. The van der Waals surface area contributed by atoms with Gasteiger partial charge in [0.15, 0.2) is 5.88 Å². The van der Waals surface area contributed by atoms with E-state index in [-0.39, 0.29) is 0 Å². The second kappa shape index (κ2) is 10.9. The molecule has 5 nitrogen and oxygen atoms in total. The van der Waals surface area contributed by atoms with Gasteiger partial charge in [-0.3, -0.25) is 0 Å². The molecule has 0 amide bonds. The van der Waals surface area contributed by atoms with Crippen molar-refractivity contribution in [2.24, 2.45) is 7.05 Å². The SMILES string of the molecule is COC1=CC(=Cc2sc3cc(-c4c(OC)cccc4OC)ccc3[n+]2C)c2ccccc2N1Cc1ccccc1. The Labute approximate surface area is 238 Å². The second-order valence-electron chi connectivity index (χ2n) is 9.59. The molecule has 6 rings (SSSR count). The van der Waals surface area contributed by atoms with Crippen LogP contribution < -0.4 is 18.9 Å². The van der Waals surface area contributed by atoms with Gasteiger partial charge in [-0.25, -0.2) is 0 Å². The van der Waals surface area contributed by atoms with Crippen molar-refractivity contribution in [3.63, 3.8) is 0 Å². The first kappa shape index (κ1) is 25.7. The molecule has 0 bridgehead atoms. The van der Waals surface area contributed by atoms with Gasteiger partial charge in [0.25, 0.3) is 5.01 Å². The predicted molar refractivity (Wildman–Crippen MR) is 164 cm³/mol. The monoisotopic (exact) mass is 547 g/mol. The summed E-state index contributed by atoms with van der Waals surface area (Å²) in [7, 11) is 7.24. The zero-order valence-corrected chi connectivity index (χ0v) is 23.9. The number of para-hydroxylation sites is 1. The molecular formula is C34H31N2O3S+. The molecule has 0 fully saturated rings. The van der Waals surface area contributed by atoms with Crippen molar-refractivity contribution >= 4 is 38.9 Å². The third-order valence-corrected chi connectivity index (χ3v) is 8.45. The molecule has 4 aromatic carbocycles. The van der Waals surface area contributed by atoms with Crippen LogP contribution in [0.3, 0.4) is 0 Å². The minimum absolute atomic E-state index is 0.733. The van der Waals surface area contributed by atoms with Crippen LogP contribution in [-0.4, -0.2) is 21.3 Å². The molecule has 1 aromatic heterocycles. The van der Waals surface area contributed by atoms with Crippen molar-refractivity contribution in [1.82, 2.24) is 0 Å². The highest BCUT2D eigenvalue weighted by molar-refractivity contribution is 7.19. The van der Waals surface area contributed by atoms with Crippen molar-refractivity contribution in [1.29, 1.82) is 0 Å². The molecule has 6 heteroatoms. The van der Waals surface area contributed by atoms with E-state index >= 15 is 0 Å². The molecule has 5 aromatic rings. The number of aryl methyl sites for hydroxylation is 1. The quantitative estimate of drug-likeness (QED) is 0.198. The van der Waals surface area contributed by atoms with Gasteiger partial charge in [-0.1, -0.05) is 65.9 Å². The zero-order chi connectivity index (χ0) is 27.6. The molecule has 0 spiro atoms. The fourth-order valence-corrected chi connectivity index (χ4v) is 6.44. The number of benzene rings is 4. The first-order valence-electron chi connectivity index (χ1n) is 13.1. The van der Waals surface area contributed by atoms with E-state index in [0.29, 0.717) is 0 Å². The van der Waals surface area contributed by atoms with Crippen LogP contribution >= 0.6 is 11.3 Å². The smallest absolute Gasteiger partial charge is 0.263 e. The Bertz CT molecular complexity index is 1730. The standard InChI is InChI=1S/C34H31N2O3S/c1-35-28-18-17-24(34-29(37-2)15-10-16-30(34)38-3)19-31(28)40-33(35)21-25-20-32(39-4)36(22-23-11-6-5-7-12-23)27-14-9-8-13-26(25)27/h5-21H,22H2,1-4H3/q+1. The Kier molecular flexibility index (Phi) is 7.01. The number of hydrogen-bond donors (Lipinski definition) is 0. The third-order valence-electron chi connectivity index (χ3n) is 7.31. The minimum atomic E-state index is 0.733. The summed E-state index contributed by atoms with van der Waals surface area (Å²) in [5.74, 6) is 2.40. The number of aromatic nitrogens is 1. The molecule has 0 aliphatic carbocycles. The Morgan fingerprint density at radius 3 is 2.25 bits per heavy atom. The van der Waals surface area contributed by atoms with E-state index in [1.165, 1.54) is 21.3 Å². The number of nitrogens with zero attached hydrogens (tertiary/aromatic N) is 2. The van der Waals surface area contributed by atoms with Gasteiger partial charge in [0, 0.05) is 23.8 Å². The molecule has 200 valence electrons. The summed E-state index contributed by atoms with van der Waals surface area (Å²) in [6, 6.07) is 31.4. The Balaban J connectivity index is 1.43. The molecule has 0 saturated heterocycles. The molecular weight excluding hydrogens is 516 g/mol. The summed E-state index contributed by atoms with van der Waals surface area (Å²) in [6.45, 7) is 0.733. The predicted octanol–water partition coefficient (Wildman–Crippen LogP) is 7.46. The second-order valence-corrected chi connectivity index (χ2v) is 10.7. The number of thiazole rings is 1. The van der Waals surface area contributed by atoms with Crippen LogP contribution in [0, 0.1) is 0 Å². The van der Waals surface area contributed by atoms with Crippen LogP contribution in [0.2, 0.25) is 0 Å². The van der Waals surface area contributed by atoms with Crippen LogP contribution in [0.25, 0.3) is 33.0 Å². The molecule has 0 saturated carbocycles. The first-order valence-corrected chi connectivity index (χ1v) is 13.9.